The zero-order chi connectivity index (χ0) is 15.2. The number of nitrogens with two attached hydrogens (primary N) is 1. The lowest BCUT2D eigenvalue weighted by Crippen LogP contribution is -2.41. The van der Waals surface area contributed by atoms with Crippen LogP contribution in [0.2, 0.25) is 0 Å². The second-order valence-corrected chi connectivity index (χ2v) is 6.42. The number of methoxy groups -OCH3 is 1. The van der Waals surface area contributed by atoms with Gasteiger partial charge in [-0.1, -0.05) is 48.0 Å². The van der Waals surface area contributed by atoms with Crippen LogP contribution in [0, 0.1) is 0 Å². The Morgan fingerprint density at radius 3 is 2.62 bits per heavy atom. The summed E-state index contributed by atoms with van der Waals surface area (Å²) >= 11 is 3.59. The van der Waals surface area contributed by atoms with Crippen LogP contribution in [0.4, 0.5) is 0 Å². The van der Waals surface area contributed by atoms with E-state index >= 15 is 0 Å². The van der Waals surface area contributed by atoms with Gasteiger partial charge in [-0.3, -0.25) is 4.99 Å². The fourth-order valence-electron chi connectivity index (χ4n) is 1.97. The maximum atomic E-state index is 5.90. The molecule has 0 amide bonds. The average molecular weight is 470 g/mol. The van der Waals surface area contributed by atoms with Crippen molar-refractivity contribution in [2.24, 2.45) is 10.7 Å². The minimum atomic E-state index is -0.0864. The van der Waals surface area contributed by atoms with Gasteiger partial charge in [-0.2, -0.15) is 0 Å². The molecule has 0 spiro atoms. The van der Waals surface area contributed by atoms with Crippen LogP contribution >= 0.6 is 39.9 Å². The van der Waals surface area contributed by atoms with Crippen LogP contribution in [0.1, 0.15) is 26.3 Å². The highest BCUT2D eigenvalue weighted by Crippen LogP contribution is 2.30. The molecule has 0 heterocycles. The minimum absolute atomic E-state index is 0. The number of nitrogens with zero attached hydrogens (tertiary/aromatic N) is 1. The highest BCUT2D eigenvalue weighted by Gasteiger charge is 2.22. The maximum absolute atomic E-state index is 5.90. The summed E-state index contributed by atoms with van der Waals surface area (Å²) in [7, 11) is 1.67. The number of guanidine groups is 1. The van der Waals surface area contributed by atoms with Crippen LogP contribution in [-0.2, 0) is 10.2 Å². The Hall–Kier alpha value is -0.340. The van der Waals surface area contributed by atoms with Crippen LogP contribution in [0.15, 0.2) is 33.7 Å². The molecule has 0 saturated carbocycles. The van der Waals surface area contributed by atoms with Crippen LogP contribution in [0.3, 0.4) is 0 Å². The van der Waals surface area contributed by atoms with Crippen molar-refractivity contribution in [2.75, 3.05) is 20.3 Å². The smallest absolute Gasteiger partial charge is 0.188 e. The zero-order valence-electron chi connectivity index (χ0n) is 13.0. The minimum Gasteiger partial charge on any atom is -0.383 e. The number of hydrogen-bond acceptors (Lipinski definition) is 2. The summed E-state index contributed by atoms with van der Waals surface area (Å²) in [6.45, 7) is 7.54. The maximum Gasteiger partial charge on any atom is 0.188 e. The molecule has 21 heavy (non-hydrogen) atoms. The van der Waals surface area contributed by atoms with Crippen molar-refractivity contribution in [2.45, 2.75) is 32.2 Å². The Labute approximate surface area is 153 Å². The largest absolute Gasteiger partial charge is 0.383 e. The lowest BCUT2D eigenvalue weighted by atomic mass is 9.85. The number of hydrogen-bond donors (Lipinski definition) is 2. The molecule has 0 bridgehead atoms. The number of nitrogens with one attached hydrogen (secondary N) is 1. The molecular formula is C15H25BrIN3O. The molecule has 0 fully saturated rings. The number of rotatable bonds is 6. The molecule has 120 valence electrons. The van der Waals surface area contributed by atoms with E-state index in [0.29, 0.717) is 19.1 Å². The molecule has 1 unspecified atom stereocenters. The second kappa shape index (κ2) is 9.63. The van der Waals surface area contributed by atoms with E-state index in [4.69, 9.17) is 10.5 Å². The predicted octanol–water partition coefficient (Wildman–Crippen LogP) is 3.28. The lowest BCUT2D eigenvalue weighted by molar-refractivity contribution is 0.179. The topological polar surface area (TPSA) is 59.6 Å². The molecule has 0 aliphatic carbocycles. The molecular weight excluding hydrogens is 445 g/mol. The van der Waals surface area contributed by atoms with Gasteiger partial charge in [-0.05, 0) is 18.6 Å². The van der Waals surface area contributed by atoms with E-state index in [2.05, 4.69) is 46.2 Å². The summed E-state index contributed by atoms with van der Waals surface area (Å²) in [6, 6.07) is 8.35. The summed E-state index contributed by atoms with van der Waals surface area (Å²) in [4.78, 5) is 4.44. The Bertz CT molecular complexity index is 466. The SMILES string of the molecule is COCC(C)NC(N)=NCC(C)(C)c1ccccc1Br.I. The van der Waals surface area contributed by atoms with E-state index in [-0.39, 0.29) is 35.4 Å². The van der Waals surface area contributed by atoms with Gasteiger partial charge in [0, 0.05) is 23.0 Å². The van der Waals surface area contributed by atoms with Gasteiger partial charge in [-0.25, -0.2) is 0 Å². The molecule has 4 nitrogen and oxygen atoms in total. The normalized spacial score (nSPS) is 13.5. The number of aliphatic imine (C=N–C) groups is 1. The van der Waals surface area contributed by atoms with Gasteiger partial charge in [-0.15, -0.1) is 24.0 Å². The summed E-state index contributed by atoms with van der Waals surface area (Å²) in [6.07, 6.45) is 0. The van der Waals surface area contributed by atoms with E-state index in [1.807, 2.05) is 25.1 Å². The Morgan fingerprint density at radius 2 is 2.05 bits per heavy atom. The van der Waals surface area contributed by atoms with Crippen molar-refractivity contribution in [3.8, 4) is 0 Å². The number of halogens is 2. The predicted molar refractivity (Wildman–Crippen MR) is 104 cm³/mol. The van der Waals surface area contributed by atoms with Gasteiger partial charge in [0.2, 0.25) is 0 Å². The Kier molecular flexibility index (Phi) is 9.48. The zero-order valence-corrected chi connectivity index (χ0v) is 16.9. The lowest BCUT2D eigenvalue weighted by Gasteiger charge is -2.25. The third kappa shape index (κ3) is 6.97. The first-order valence-electron chi connectivity index (χ1n) is 6.67. The van der Waals surface area contributed by atoms with Gasteiger partial charge >= 0.3 is 0 Å². The summed E-state index contributed by atoms with van der Waals surface area (Å²) in [5.41, 5.74) is 7.04. The third-order valence-corrected chi connectivity index (χ3v) is 3.75. The van der Waals surface area contributed by atoms with Crippen molar-refractivity contribution >= 4 is 45.9 Å². The Balaban J connectivity index is 0.00000400. The van der Waals surface area contributed by atoms with Gasteiger partial charge in [0.05, 0.1) is 13.2 Å². The first kappa shape index (κ1) is 20.7. The monoisotopic (exact) mass is 469 g/mol. The van der Waals surface area contributed by atoms with Gasteiger partial charge in [0.1, 0.15) is 0 Å². The molecule has 0 aliphatic rings. The summed E-state index contributed by atoms with van der Waals surface area (Å²) in [5, 5.41) is 3.11. The van der Waals surface area contributed by atoms with Crippen molar-refractivity contribution in [3.63, 3.8) is 0 Å². The van der Waals surface area contributed by atoms with Crippen molar-refractivity contribution < 1.29 is 4.74 Å². The molecule has 0 radical (unpaired) electrons. The second-order valence-electron chi connectivity index (χ2n) is 5.57. The van der Waals surface area contributed by atoms with E-state index in [1.165, 1.54) is 5.56 Å². The number of ether oxygens (including phenoxy) is 1. The van der Waals surface area contributed by atoms with E-state index < -0.39 is 0 Å². The third-order valence-electron chi connectivity index (χ3n) is 3.06. The van der Waals surface area contributed by atoms with Crippen LogP contribution in [0.5, 0.6) is 0 Å². The summed E-state index contributed by atoms with van der Waals surface area (Å²) in [5.74, 6) is 0.453. The van der Waals surface area contributed by atoms with Crippen LogP contribution in [0.25, 0.3) is 0 Å². The molecule has 1 aromatic carbocycles. The van der Waals surface area contributed by atoms with Crippen LogP contribution in [-0.4, -0.2) is 32.3 Å². The quantitative estimate of drug-likeness (QED) is 0.382. The molecule has 0 saturated heterocycles. The van der Waals surface area contributed by atoms with Gasteiger partial charge in [0.25, 0.3) is 0 Å². The molecule has 6 heteroatoms. The molecule has 0 aromatic heterocycles. The molecule has 0 aliphatic heterocycles. The molecule has 3 N–H and O–H groups in total. The standard InChI is InChI=1S/C15H24BrN3O.HI/c1-11(9-20-4)19-14(17)18-10-15(2,3)12-7-5-6-8-13(12)16;/h5-8,11H,9-10H2,1-4H3,(H3,17,18,19);1H. The van der Waals surface area contributed by atoms with Crippen LogP contribution < -0.4 is 11.1 Å². The highest BCUT2D eigenvalue weighted by atomic mass is 127. The van der Waals surface area contributed by atoms with E-state index in [1.54, 1.807) is 7.11 Å². The van der Waals surface area contributed by atoms with E-state index in [0.717, 1.165) is 4.47 Å². The average Bonchev–Trinajstić information content (AvgIpc) is 2.37. The molecule has 1 rings (SSSR count). The molecule has 1 aromatic rings. The first-order valence-corrected chi connectivity index (χ1v) is 7.46. The fraction of sp³-hybridized carbons (Fsp3) is 0.533. The van der Waals surface area contributed by atoms with Gasteiger partial charge < -0.3 is 15.8 Å². The van der Waals surface area contributed by atoms with Crippen molar-refractivity contribution in [1.82, 2.24) is 5.32 Å². The fourth-order valence-corrected chi connectivity index (χ4v) is 2.79. The first-order chi connectivity index (χ1) is 9.36. The summed E-state index contributed by atoms with van der Waals surface area (Å²) < 4.78 is 6.15. The molecule has 1 atom stereocenters. The van der Waals surface area contributed by atoms with E-state index in [9.17, 15) is 0 Å². The number of benzene rings is 1. The van der Waals surface area contributed by atoms with Crippen molar-refractivity contribution in [3.05, 3.63) is 34.3 Å². The van der Waals surface area contributed by atoms with Crippen molar-refractivity contribution in [1.29, 1.82) is 0 Å². The highest BCUT2D eigenvalue weighted by molar-refractivity contribution is 14.0. The van der Waals surface area contributed by atoms with Gasteiger partial charge in [0.15, 0.2) is 5.96 Å². The Morgan fingerprint density at radius 1 is 1.43 bits per heavy atom.